The van der Waals surface area contributed by atoms with Gasteiger partial charge in [0, 0.05) is 75.7 Å². The van der Waals surface area contributed by atoms with Crippen molar-refractivity contribution in [1.29, 1.82) is 0 Å². The number of hydrogen-bond donors (Lipinski definition) is 9. The van der Waals surface area contributed by atoms with Gasteiger partial charge in [0.05, 0.1) is 35.5 Å². The highest BCUT2D eigenvalue weighted by Crippen LogP contribution is 2.56. The van der Waals surface area contributed by atoms with E-state index >= 15 is 0 Å². The molecular weight excluding hydrogens is 967 g/mol. The number of fused-ring (bicyclic) bond motifs is 5. The molecule has 2 fully saturated rings. The summed E-state index contributed by atoms with van der Waals surface area (Å²) < 4.78 is 11.2. The van der Waals surface area contributed by atoms with Crippen molar-refractivity contribution in [2.75, 3.05) is 44.0 Å². The maximum Gasteiger partial charge on any atom is 0.404 e. The Morgan fingerprint density at radius 2 is 1.77 bits per heavy atom. The number of benzene rings is 1. The molecular formula is C45H57N11O13S2. The predicted octanol–water partition coefficient (Wildman–Crippen LogP) is 0.247. The van der Waals surface area contributed by atoms with E-state index in [1.54, 1.807) is 31.2 Å². The number of aromatic amines is 1. The van der Waals surface area contributed by atoms with Crippen LogP contribution in [0.4, 0.5) is 10.7 Å². The minimum absolute atomic E-state index is 0. The number of aryl methyl sites for hydroxylation is 2. The van der Waals surface area contributed by atoms with Crippen LogP contribution >= 0.6 is 21.6 Å². The summed E-state index contributed by atoms with van der Waals surface area (Å²) >= 11 is 0. The number of H-pyrrole nitrogens is 1. The lowest BCUT2D eigenvalue weighted by atomic mass is 9.79. The number of nitrogens with two attached hydrogens (primary N) is 3. The third kappa shape index (κ3) is 11.4. The van der Waals surface area contributed by atoms with Crippen LogP contribution in [-0.4, -0.2) is 150 Å². The van der Waals surface area contributed by atoms with Crippen molar-refractivity contribution in [2.24, 2.45) is 23.3 Å². The molecule has 1 aliphatic carbocycles. The monoisotopic (exact) mass is 1030 g/mol. The van der Waals surface area contributed by atoms with Gasteiger partial charge in [0.1, 0.15) is 18.7 Å². The van der Waals surface area contributed by atoms with Gasteiger partial charge in [-0.25, -0.2) is 19.6 Å². The number of carboxylic acids is 2. The number of allylic oxidation sites excluding steroid dienone is 2. The van der Waals surface area contributed by atoms with Crippen LogP contribution in [0.5, 0.6) is 0 Å². The van der Waals surface area contributed by atoms with Crippen LogP contribution in [0.1, 0.15) is 63.5 Å². The number of ketones is 3. The summed E-state index contributed by atoms with van der Waals surface area (Å²) in [6.07, 6.45) is 1.23. The molecule has 0 radical (unpaired) electrons. The molecule has 3 aromatic rings. The van der Waals surface area contributed by atoms with Gasteiger partial charge in [-0.2, -0.15) is 4.98 Å². The summed E-state index contributed by atoms with van der Waals surface area (Å²) in [4.78, 5) is 131. The number of piperazine rings is 1. The van der Waals surface area contributed by atoms with Gasteiger partial charge in [-0.1, -0.05) is 45.9 Å². The van der Waals surface area contributed by atoms with Crippen molar-refractivity contribution in [3.63, 3.8) is 0 Å². The van der Waals surface area contributed by atoms with Crippen molar-refractivity contribution < 1.29 is 60.9 Å². The largest absolute Gasteiger partial charge is 0.481 e. The molecule has 5 heterocycles. The van der Waals surface area contributed by atoms with E-state index in [0.29, 0.717) is 48.4 Å². The van der Waals surface area contributed by atoms with Crippen LogP contribution < -0.4 is 38.7 Å². The molecule has 2 saturated heterocycles. The number of nitrogens with zero attached hydrogens (tertiary/aromatic N) is 4. The second kappa shape index (κ2) is 22.1. The minimum atomic E-state index is -1.35. The number of primary amides is 1. The fraction of sp³-hybridized carbons (Fsp3) is 0.467. The van der Waals surface area contributed by atoms with Gasteiger partial charge >= 0.3 is 18.0 Å². The molecule has 2 aromatic heterocycles. The Morgan fingerprint density at radius 1 is 1.03 bits per heavy atom. The van der Waals surface area contributed by atoms with Crippen LogP contribution in [0.25, 0.3) is 11.2 Å². The Morgan fingerprint density at radius 3 is 2.46 bits per heavy atom. The molecule has 0 bridgehead atoms. The number of aromatic nitrogens is 4. The van der Waals surface area contributed by atoms with Crippen LogP contribution in [0.15, 0.2) is 57.7 Å². The van der Waals surface area contributed by atoms with Crippen LogP contribution in [0, 0.1) is 11.8 Å². The first-order valence-corrected chi connectivity index (χ1v) is 25.0. The molecule has 26 heteroatoms. The number of aliphatic carboxylic acids is 2. The summed E-state index contributed by atoms with van der Waals surface area (Å²) in [5.41, 5.74) is 18.2. The number of rotatable bonds is 25. The molecule has 7 atom stereocenters. The number of carbonyl (C=O) groups is 8. The number of anilines is 1. The zero-order chi connectivity index (χ0) is 51.3. The minimum Gasteiger partial charge on any atom is -0.481 e. The number of carboxylic acid groups (broad SMARTS) is 2. The van der Waals surface area contributed by atoms with Crippen molar-refractivity contribution >= 4 is 85.9 Å². The molecule has 3 amide bonds. The highest BCUT2D eigenvalue weighted by atomic mass is 33.1. The van der Waals surface area contributed by atoms with E-state index in [1.807, 2.05) is 4.90 Å². The Labute approximate surface area is 415 Å². The van der Waals surface area contributed by atoms with Crippen molar-refractivity contribution in [3.8, 4) is 0 Å². The van der Waals surface area contributed by atoms with Gasteiger partial charge < -0.3 is 57.7 Å². The smallest absolute Gasteiger partial charge is 0.404 e. The Kier molecular flexibility index (Phi) is 16.2. The number of Topliss-reactive ketones (excluding diaryl/α,β-unsaturated/α-hetero) is 3. The van der Waals surface area contributed by atoms with Crippen molar-refractivity contribution in [1.82, 2.24) is 40.8 Å². The number of methoxy groups -OCH3 is 1. The fourth-order valence-electron chi connectivity index (χ4n) is 9.17. The summed E-state index contributed by atoms with van der Waals surface area (Å²) in [5.74, 6) is -6.78. The van der Waals surface area contributed by atoms with Gasteiger partial charge in [0.2, 0.25) is 23.5 Å². The highest BCUT2D eigenvalue weighted by molar-refractivity contribution is 8.76. The maximum absolute atomic E-state index is 14.1. The average Bonchev–Trinajstić information content (AvgIpc) is 3.95. The second-order valence-electron chi connectivity index (χ2n) is 17.4. The summed E-state index contributed by atoms with van der Waals surface area (Å²) in [5, 5.41) is 27.8. The maximum atomic E-state index is 14.1. The van der Waals surface area contributed by atoms with E-state index in [2.05, 4.69) is 35.9 Å². The van der Waals surface area contributed by atoms with E-state index in [9.17, 15) is 53.4 Å². The number of hydrogen-bond acceptors (Lipinski definition) is 20. The average molecular weight is 1030 g/mol. The van der Waals surface area contributed by atoms with Crippen molar-refractivity contribution in [3.05, 3.63) is 80.1 Å². The molecule has 24 nitrogen and oxygen atoms in total. The van der Waals surface area contributed by atoms with Gasteiger partial charge in [-0.05, 0) is 44.6 Å². The highest BCUT2D eigenvalue weighted by Gasteiger charge is 2.72. The molecule has 12 N–H and O–H groups in total. The fourth-order valence-corrected chi connectivity index (χ4v) is 11.4. The molecule has 382 valence electrons. The van der Waals surface area contributed by atoms with E-state index in [1.165, 1.54) is 24.1 Å². The summed E-state index contributed by atoms with van der Waals surface area (Å²) in [7, 11) is 3.96. The number of nitrogen functional groups attached to an aromatic ring is 1. The summed E-state index contributed by atoms with van der Waals surface area (Å²) in [6.45, 7) is 1.42. The Hall–Kier alpha value is -6.74. The van der Waals surface area contributed by atoms with E-state index < -0.39 is 70.8 Å². The molecule has 0 spiro atoms. The third-order valence-corrected chi connectivity index (χ3v) is 15.4. The quantitative estimate of drug-likeness (QED) is 0.0180. The lowest BCUT2D eigenvalue weighted by Gasteiger charge is -2.39. The third-order valence-electron chi connectivity index (χ3n) is 12.9. The first kappa shape index (κ1) is 52.1. The molecule has 2 unspecified atom stereocenters. The summed E-state index contributed by atoms with van der Waals surface area (Å²) in [6, 6.07) is 3.77. The molecule has 3 aliphatic heterocycles. The van der Waals surface area contributed by atoms with Gasteiger partial charge in [-0.3, -0.25) is 38.5 Å². The second-order valence-corrected chi connectivity index (χ2v) is 20.1. The SMILES string of the molecule is CO[C@]12C3NC3CN1C1=C(C(=O)C(CCCSSC[C@H](NC(=O)[C@H](N)CNC(=O)CC[C@@H](CC(=O)c3ccc(CCc4cnc5nc(N)[nH]c(=O)c5n4)cc3)C(=O)O)C(=O)O)=C(C)C1=O)[C@H]2COC(N)=O.[2HH].[2HH]. The molecule has 7 rings (SSSR count). The first-order chi connectivity index (χ1) is 33.8. The lowest BCUT2D eigenvalue weighted by Crippen LogP contribution is -2.55. The topological polar surface area (TPSA) is 394 Å². The number of ether oxygens (including phenoxy) is 2. The predicted molar refractivity (Wildman–Crippen MR) is 260 cm³/mol. The molecule has 4 aliphatic rings. The van der Waals surface area contributed by atoms with Crippen LogP contribution in [0.3, 0.4) is 0 Å². The Bertz CT molecular complexity index is 2800. The zero-order valence-electron chi connectivity index (χ0n) is 38.6. The van der Waals surface area contributed by atoms with Gasteiger partial charge in [-0.15, -0.1) is 0 Å². The lowest BCUT2D eigenvalue weighted by molar-refractivity contribution is -0.142. The molecule has 71 heavy (non-hydrogen) atoms. The van der Waals surface area contributed by atoms with E-state index in [4.69, 9.17) is 26.7 Å². The molecule has 0 saturated carbocycles. The van der Waals surface area contributed by atoms with E-state index in [0.717, 1.165) is 16.4 Å². The Balaban J connectivity index is 0.00000494. The normalized spacial score (nSPS) is 21.3. The number of nitrogens with one attached hydrogen (secondary N) is 4. The van der Waals surface area contributed by atoms with Gasteiger partial charge in [0.25, 0.3) is 5.56 Å². The van der Waals surface area contributed by atoms with Gasteiger partial charge in [0.15, 0.2) is 28.5 Å². The van der Waals surface area contributed by atoms with Crippen LogP contribution in [-0.2, 0) is 51.1 Å². The number of carbonyl (C=O) groups excluding carboxylic acids is 6. The van der Waals surface area contributed by atoms with Crippen LogP contribution in [0.2, 0.25) is 0 Å². The van der Waals surface area contributed by atoms with Crippen molar-refractivity contribution in [2.45, 2.75) is 81.8 Å². The first-order valence-electron chi connectivity index (χ1n) is 22.5. The standard InChI is InChI=1S/C45H53N11O13S2.2H2/c1-20-25(36(60)32-26(18-69-44(48)67)45(68-2)37-28(52-37)17-56(45)34(32)35(20)59)4-3-13-70-71-19-29(42(65)66)53-39(61)27(46)16-49-31(58)12-10-23(41(63)64)14-30(57)22-8-5-21(6-9-22)7-11-24-15-50-38-33(51-24)40(62)55-43(47)54-38;;/h5-6,8-9,15,23,26-29,37,52H,3-4,7,10-14,16-19,46H2,1-2H3,(H2,48,67)(H,49,58)(H,53,61)(H,63,64)(H,65,66)(H3,47,50,54,55,62);2*1H/t23-,26+,27+,28?,29-,37?,45+;;/m0../s1/i;2*1+1. The zero-order valence-corrected chi connectivity index (χ0v) is 40.2. The number of amides is 3. The molecule has 1 aromatic carbocycles. The van der Waals surface area contributed by atoms with E-state index in [-0.39, 0.29) is 105 Å².